The number of amides is 2. The number of rotatable bonds is 5. The second-order valence-electron chi connectivity index (χ2n) is 5.49. The molecule has 0 spiro atoms. The summed E-state index contributed by atoms with van der Waals surface area (Å²) in [7, 11) is 0. The van der Waals surface area contributed by atoms with Crippen molar-refractivity contribution in [2.45, 2.75) is 6.04 Å². The number of carbonyl (C=O) groups excluding carboxylic acids is 2. The van der Waals surface area contributed by atoms with E-state index in [2.05, 4.69) is 0 Å². The number of nitrogens with zero attached hydrogens (tertiary/aromatic N) is 3. The molecule has 0 bridgehead atoms. The Hall–Kier alpha value is -3.88. The molecular weight excluding hydrogens is 342 g/mol. The molecule has 1 atom stereocenters. The Morgan fingerprint density at radius 3 is 1.73 bits per heavy atom. The zero-order valence-electron chi connectivity index (χ0n) is 13.1. The first-order valence-corrected chi connectivity index (χ1v) is 7.42. The van der Waals surface area contributed by atoms with Gasteiger partial charge in [0.2, 0.25) is 0 Å². The van der Waals surface area contributed by atoms with Gasteiger partial charge in [-0.15, -0.1) is 0 Å². The number of non-ortho nitro benzene ring substituents is 2. The molecule has 0 aliphatic carbocycles. The van der Waals surface area contributed by atoms with Crippen LogP contribution in [0.5, 0.6) is 0 Å². The van der Waals surface area contributed by atoms with E-state index in [9.17, 15) is 29.8 Å². The number of nitro benzene ring substituents is 2. The maximum absolute atomic E-state index is 12.2. The molecule has 130 valence electrons. The van der Waals surface area contributed by atoms with Crippen LogP contribution < -0.4 is 0 Å². The predicted octanol–water partition coefficient (Wildman–Crippen LogP) is 2.52. The van der Waals surface area contributed by atoms with Gasteiger partial charge in [-0.2, -0.15) is 0 Å². The minimum Gasteiger partial charge on any atom is -0.269 e. The lowest BCUT2D eigenvalue weighted by molar-refractivity contribution is -0.394. The average molecular weight is 353 g/mol. The zero-order chi connectivity index (χ0) is 18.8. The van der Waals surface area contributed by atoms with E-state index in [1.807, 2.05) is 0 Å². The second kappa shape index (κ2) is 6.55. The highest BCUT2D eigenvalue weighted by atomic mass is 16.6. The number of hydrogen-bond donors (Lipinski definition) is 0. The van der Waals surface area contributed by atoms with Crippen molar-refractivity contribution < 1.29 is 19.4 Å². The summed E-state index contributed by atoms with van der Waals surface area (Å²) in [5.74, 6) is -1.20. The van der Waals surface area contributed by atoms with Gasteiger partial charge in [-0.1, -0.05) is 30.3 Å². The van der Waals surface area contributed by atoms with Crippen LogP contribution in [0.25, 0.3) is 0 Å². The topological polar surface area (TPSA) is 124 Å². The summed E-state index contributed by atoms with van der Waals surface area (Å²) in [4.78, 5) is 46.0. The van der Waals surface area contributed by atoms with E-state index in [0.717, 1.165) is 35.3 Å². The van der Waals surface area contributed by atoms with Gasteiger partial charge in [0.1, 0.15) is 0 Å². The molecule has 2 aromatic rings. The zero-order valence-corrected chi connectivity index (χ0v) is 13.1. The molecule has 1 aliphatic heterocycles. The summed E-state index contributed by atoms with van der Waals surface area (Å²) in [6.45, 7) is 0. The van der Waals surface area contributed by atoms with Crippen LogP contribution >= 0.6 is 0 Å². The summed E-state index contributed by atoms with van der Waals surface area (Å²) in [6.07, 6.45) is 2.17. The molecule has 2 amide bonds. The highest BCUT2D eigenvalue weighted by Crippen LogP contribution is 2.35. The van der Waals surface area contributed by atoms with Gasteiger partial charge >= 0.3 is 0 Å². The second-order valence-corrected chi connectivity index (χ2v) is 5.49. The molecule has 0 fully saturated rings. The quantitative estimate of drug-likeness (QED) is 0.462. The van der Waals surface area contributed by atoms with Crippen LogP contribution in [0.2, 0.25) is 0 Å². The molecule has 9 nitrogen and oxygen atoms in total. The van der Waals surface area contributed by atoms with Crippen LogP contribution in [0.1, 0.15) is 17.2 Å². The Kier molecular flexibility index (Phi) is 4.27. The van der Waals surface area contributed by atoms with Gasteiger partial charge in [0.05, 0.1) is 22.0 Å². The highest BCUT2D eigenvalue weighted by Gasteiger charge is 2.35. The lowest BCUT2D eigenvalue weighted by Crippen LogP contribution is -2.35. The van der Waals surface area contributed by atoms with Gasteiger partial charge in [0.15, 0.2) is 0 Å². The van der Waals surface area contributed by atoms with Crippen LogP contribution in [0.3, 0.4) is 0 Å². The van der Waals surface area contributed by atoms with Gasteiger partial charge in [-0.3, -0.25) is 34.7 Å². The summed E-state index contributed by atoms with van der Waals surface area (Å²) >= 11 is 0. The highest BCUT2D eigenvalue weighted by molar-refractivity contribution is 6.13. The Balaban J connectivity index is 2.22. The van der Waals surface area contributed by atoms with Gasteiger partial charge in [-0.05, 0) is 11.1 Å². The minimum absolute atomic E-state index is 0.0995. The predicted molar refractivity (Wildman–Crippen MR) is 89.0 cm³/mol. The van der Waals surface area contributed by atoms with Gasteiger partial charge < -0.3 is 0 Å². The SMILES string of the molecule is O=C1C=CC(=O)N1C(c1ccccc1)c1cc([N+](=O)[O-])cc([N+](=O)[O-])c1. The first-order valence-electron chi connectivity index (χ1n) is 7.42. The lowest BCUT2D eigenvalue weighted by atomic mass is 9.96. The molecular formula is C17H11N3O6. The molecule has 9 heteroatoms. The molecule has 0 aromatic heterocycles. The van der Waals surface area contributed by atoms with E-state index >= 15 is 0 Å². The number of nitro groups is 2. The summed E-state index contributed by atoms with van der Waals surface area (Å²) < 4.78 is 0. The monoisotopic (exact) mass is 353 g/mol. The van der Waals surface area contributed by atoms with Crippen molar-refractivity contribution in [3.05, 3.63) is 92.0 Å². The van der Waals surface area contributed by atoms with Crippen LogP contribution in [-0.4, -0.2) is 26.6 Å². The number of benzene rings is 2. The summed E-state index contributed by atoms with van der Waals surface area (Å²) in [6, 6.07) is 10.4. The van der Waals surface area contributed by atoms with Gasteiger partial charge in [-0.25, -0.2) is 0 Å². The first-order chi connectivity index (χ1) is 12.4. The molecule has 0 saturated heterocycles. The summed E-state index contributed by atoms with van der Waals surface area (Å²) in [5.41, 5.74) is -0.403. The van der Waals surface area contributed by atoms with E-state index in [1.165, 1.54) is 0 Å². The Morgan fingerprint density at radius 1 is 0.769 bits per heavy atom. The lowest BCUT2D eigenvalue weighted by Gasteiger charge is -2.26. The van der Waals surface area contributed by atoms with E-state index in [4.69, 9.17) is 0 Å². The molecule has 1 unspecified atom stereocenters. The fraction of sp³-hybridized carbons (Fsp3) is 0.0588. The summed E-state index contributed by atoms with van der Waals surface area (Å²) in [5, 5.41) is 22.3. The number of imide groups is 1. The van der Waals surface area contributed by atoms with Crippen LogP contribution in [0, 0.1) is 20.2 Å². The third-order valence-electron chi connectivity index (χ3n) is 3.88. The first kappa shape index (κ1) is 17.0. The molecule has 0 saturated carbocycles. The van der Waals surface area contributed by atoms with Crippen molar-refractivity contribution in [3.8, 4) is 0 Å². The van der Waals surface area contributed by atoms with E-state index in [-0.39, 0.29) is 5.56 Å². The van der Waals surface area contributed by atoms with Crippen LogP contribution in [0.4, 0.5) is 11.4 Å². The molecule has 0 radical (unpaired) electrons. The average Bonchev–Trinajstić information content (AvgIpc) is 2.95. The third-order valence-corrected chi connectivity index (χ3v) is 3.88. The minimum atomic E-state index is -1.02. The van der Waals surface area contributed by atoms with Crippen molar-refractivity contribution in [1.82, 2.24) is 4.90 Å². The number of carbonyl (C=O) groups is 2. The molecule has 3 rings (SSSR count). The van der Waals surface area contributed by atoms with E-state index < -0.39 is 39.1 Å². The Bertz CT molecular complexity index is 904. The normalized spacial score (nSPS) is 14.5. The largest absolute Gasteiger partial charge is 0.276 e. The fourth-order valence-corrected chi connectivity index (χ4v) is 2.78. The maximum Gasteiger partial charge on any atom is 0.276 e. The van der Waals surface area contributed by atoms with Crippen LogP contribution in [-0.2, 0) is 9.59 Å². The van der Waals surface area contributed by atoms with E-state index in [0.29, 0.717) is 5.56 Å². The molecule has 0 N–H and O–H groups in total. The standard InChI is InChI=1S/C17H11N3O6/c21-15-6-7-16(22)18(15)17(11-4-2-1-3-5-11)12-8-13(19(23)24)10-14(9-12)20(25)26/h1-10,17H. The van der Waals surface area contributed by atoms with Crippen molar-refractivity contribution in [1.29, 1.82) is 0 Å². The van der Waals surface area contributed by atoms with Gasteiger partial charge in [0, 0.05) is 24.3 Å². The molecule has 1 heterocycles. The van der Waals surface area contributed by atoms with Gasteiger partial charge in [0.25, 0.3) is 23.2 Å². The number of hydrogen-bond acceptors (Lipinski definition) is 6. The fourth-order valence-electron chi connectivity index (χ4n) is 2.78. The smallest absolute Gasteiger partial charge is 0.269 e. The third kappa shape index (κ3) is 3.05. The van der Waals surface area contributed by atoms with Crippen molar-refractivity contribution in [2.24, 2.45) is 0 Å². The van der Waals surface area contributed by atoms with E-state index in [1.54, 1.807) is 30.3 Å². The molecule has 1 aliphatic rings. The maximum atomic E-state index is 12.2. The van der Waals surface area contributed by atoms with Crippen molar-refractivity contribution in [3.63, 3.8) is 0 Å². The van der Waals surface area contributed by atoms with Crippen molar-refractivity contribution in [2.75, 3.05) is 0 Å². The van der Waals surface area contributed by atoms with Crippen molar-refractivity contribution >= 4 is 23.2 Å². The Labute approximate surface area is 146 Å². The molecule has 2 aromatic carbocycles. The molecule has 26 heavy (non-hydrogen) atoms. The van der Waals surface area contributed by atoms with Crippen LogP contribution in [0.15, 0.2) is 60.7 Å². The Morgan fingerprint density at radius 2 is 1.27 bits per heavy atom.